The van der Waals surface area contributed by atoms with Crippen molar-refractivity contribution in [2.75, 3.05) is 5.32 Å². The largest absolute Gasteiger partial charge is 0.573 e. The lowest BCUT2D eigenvalue weighted by Gasteiger charge is -2.16. The lowest BCUT2D eigenvalue weighted by atomic mass is 10.2. The van der Waals surface area contributed by atoms with Crippen LogP contribution in [0.25, 0.3) is 0 Å². The van der Waals surface area contributed by atoms with E-state index in [0.717, 1.165) is 12.1 Å². The van der Waals surface area contributed by atoms with Gasteiger partial charge in [-0.2, -0.15) is 0 Å². The standard InChI is InChI=1S/C20H18F3N3O6S/c1-11(24-17-15-5-3-4-6-16(15)33(29,30)26-17)19(28)31-12(2)18(27)25-13-7-9-14(10-8-13)32-20(21,22)23/h3-12H,1-2H3,(H,24,26)(H,25,27). The summed E-state index contributed by atoms with van der Waals surface area (Å²) in [6.07, 6.45) is -6.10. The average molecular weight is 485 g/mol. The predicted octanol–water partition coefficient (Wildman–Crippen LogP) is 2.58. The molecule has 0 spiro atoms. The summed E-state index contributed by atoms with van der Waals surface area (Å²) in [5.41, 5.74) is 0.462. The Hall–Kier alpha value is -3.61. The summed E-state index contributed by atoms with van der Waals surface area (Å²) < 4.78 is 71.9. The minimum absolute atomic E-state index is 0.0201. The minimum Gasteiger partial charge on any atom is -0.451 e. The van der Waals surface area contributed by atoms with Crippen molar-refractivity contribution < 1.29 is 40.7 Å². The number of anilines is 1. The van der Waals surface area contributed by atoms with Gasteiger partial charge in [0.05, 0.1) is 4.90 Å². The number of nitrogens with zero attached hydrogens (tertiary/aromatic N) is 1. The Morgan fingerprint density at radius 1 is 1.06 bits per heavy atom. The number of hydrogen-bond donors (Lipinski definition) is 2. The highest BCUT2D eigenvalue weighted by Crippen LogP contribution is 2.24. The van der Waals surface area contributed by atoms with Crippen LogP contribution in [0.5, 0.6) is 5.75 Å². The summed E-state index contributed by atoms with van der Waals surface area (Å²) in [4.78, 5) is 28.7. The number of aliphatic imine (C=N–C) groups is 1. The Balaban J connectivity index is 1.60. The molecule has 13 heteroatoms. The molecule has 1 heterocycles. The van der Waals surface area contributed by atoms with E-state index in [1.165, 1.54) is 38.1 Å². The third-order valence-electron chi connectivity index (χ3n) is 4.34. The highest BCUT2D eigenvalue weighted by Gasteiger charge is 2.32. The summed E-state index contributed by atoms with van der Waals surface area (Å²) in [6, 6.07) is 9.36. The van der Waals surface area contributed by atoms with Crippen molar-refractivity contribution in [3.05, 3.63) is 54.1 Å². The first-order valence-corrected chi connectivity index (χ1v) is 10.9. The van der Waals surface area contributed by atoms with Crippen molar-refractivity contribution in [2.24, 2.45) is 4.99 Å². The number of alkyl halides is 3. The van der Waals surface area contributed by atoms with Gasteiger partial charge in [0.15, 0.2) is 6.10 Å². The van der Waals surface area contributed by atoms with Crippen molar-refractivity contribution in [3.8, 4) is 5.75 Å². The molecule has 0 saturated heterocycles. The molecular formula is C20H18F3N3O6S. The Labute approximate surface area is 186 Å². The molecule has 9 nitrogen and oxygen atoms in total. The van der Waals surface area contributed by atoms with Crippen molar-refractivity contribution in [1.82, 2.24) is 4.72 Å². The van der Waals surface area contributed by atoms with Crippen LogP contribution in [-0.2, 0) is 24.3 Å². The van der Waals surface area contributed by atoms with Gasteiger partial charge in [-0.1, -0.05) is 12.1 Å². The van der Waals surface area contributed by atoms with Crippen LogP contribution in [0.4, 0.5) is 18.9 Å². The van der Waals surface area contributed by atoms with Crippen molar-refractivity contribution >= 4 is 33.4 Å². The quantitative estimate of drug-likeness (QED) is 0.607. The van der Waals surface area contributed by atoms with Crippen LogP contribution >= 0.6 is 0 Å². The van der Waals surface area contributed by atoms with E-state index in [4.69, 9.17) is 4.74 Å². The zero-order valence-electron chi connectivity index (χ0n) is 17.2. The summed E-state index contributed by atoms with van der Waals surface area (Å²) in [7, 11) is -3.78. The molecule has 0 fully saturated rings. The fraction of sp³-hybridized carbons (Fsp3) is 0.250. The van der Waals surface area contributed by atoms with E-state index in [0.29, 0.717) is 5.56 Å². The second-order valence-corrected chi connectivity index (χ2v) is 8.55. The monoisotopic (exact) mass is 485 g/mol. The molecule has 33 heavy (non-hydrogen) atoms. The molecule has 0 radical (unpaired) electrons. The average Bonchev–Trinajstić information content (AvgIpc) is 2.98. The maximum Gasteiger partial charge on any atom is 0.573 e. The van der Waals surface area contributed by atoms with Crippen LogP contribution in [-0.4, -0.2) is 44.6 Å². The number of carbonyl (C=O) groups is 2. The Kier molecular flexibility index (Phi) is 6.63. The molecular weight excluding hydrogens is 467 g/mol. The van der Waals surface area contributed by atoms with Gasteiger partial charge in [-0.05, 0) is 50.2 Å². The van der Waals surface area contributed by atoms with E-state index < -0.39 is 46.2 Å². The number of ether oxygens (including phenoxy) is 2. The Morgan fingerprint density at radius 3 is 2.33 bits per heavy atom. The molecule has 1 aliphatic heterocycles. The lowest BCUT2D eigenvalue weighted by molar-refractivity contribution is -0.274. The zero-order chi connectivity index (χ0) is 24.4. The molecule has 1 amide bonds. The maximum atomic E-state index is 12.3. The van der Waals surface area contributed by atoms with Crippen molar-refractivity contribution in [3.63, 3.8) is 0 Å². The van der Waals surface area contributed by atoms with Crippen molar-refractivity contribution in [1.29, 1.82) is 0 Å². The number of carbonyl (C=O) groups excluding carboxylic acids is 2. The van der Waals surface area contributed by atoms with Crippen LogP contribution in [0.1, 0.15) is 19.4 Å². The molecule has 2 aromatic carbocycles. The van der Waals surface area contributed by atoms with Gasteiger partial charge in [-0.3, -0.25) is 14.5 Å². The molecule has 0 aliphatic carbocycles. The smallest absolute Gasteiger partial charge is 0.451 e. The number of hydrogen-bond acceptors (Lipinski definition) is 7. The lowest BCUT2D eigenvalue weighted by Crippen LogP contribution is -2.33. The molecule has 2 N–H and O–H groups in total. The van der Waals surface area contributed by atoms with E-state index in [-0.39, 0.29) is 16.4 Å². The predicted molar refractivity (Wildman–Crippen MR) is 110 cm³/mol. The zero-order valence-corrected chi connectivity index (χ0v) is 18.0. The van der Waals surface area contributed by atoms with E-state index in [1.807, 2.05) is 0 Å². The molecule has 0 saturated carbocycles. The van der Waals surface area contributed by atoms with Crippen LogP contribution < -0.4 is 14.8 Å². The molecule has 2 unspecified atom stereocenters. The topological polar surface area (TPSA) is 123 Å². The third kappa shape index (κ3) is 6.00. The van der Waals surface area contributed by atoms with Crippen LogP contribution in [0.15, 0.2) is 58.4 Å². The molecule has 2 atom stereocenters. The number of rotatable bonds is 6. The number of sulfonamides is 1. The third-order valence-corrected chi connectivity index (χ3v) is 5.74. The van der Waals surface area contributed by atoms with Gasteiger partial charge in [0, 0.05) is 11.3 Å². The van der Waals surface area contributed by atoms with E-state index in [1.54, 1.807) is 12.1 Å². The van der Waals surface area contributed by atoms with Crippen LogP contribution in [0, 0.1) is 0 Å². The Morgan fingerprint density at radius 2 is 1.70 bits per heavy atom. The van der Waals surface area contributed by atoms with Crippen LogP contribution in [0.2, 0.25) is 0 Å². The normalized spacial score (nSPS) is 17.4. The van der Waals surface area contributed by atoms with Gasteiger partial charge in [-0.25, -0.2) is 13.2 Å². The molecule has 3 rings (SSSR count). The summed E-state index contributed by atoms with van der Waals surface area (Å²) in [5, 5.41) is 2.39. The molecule has 0 bridgehead atoms. The maximum absolute atomic E-state index is 12.3. The minimum atomic E-state index is -4.84. The van der Waals surface area contributed by atoms with Gasteiger partial charge in [0.25, 0.3) is 15.9 Å². The fourth-order valence-electron chi connectivity index (χ4n) is 2.79. The number of halogens is 3. The first-order chi connectivity index (χ1) is 15.4. The molecule has 176 valence electrons. The summed E-state index contributed by atoms with van der Waals surface area (Å²) in [5.74, 6) is -2.10. The molecule has 2 aromatic rings. The first kappa shape index (κ1) is 24.0. The van der Waals surface area contributed by atoms with Crippen molar-refractivity contribution in [2.45, 2.75) is 37.3 Å². The molecule has 1 aliphatic rings. The number of benzene rings is 2. The SMILES string of the molecule is CC(N=C1NS(=O)(=O)c2ccccc21)C(=O)OC(C)C(=O)Nc1ccc(OC(F)(F)F)cc1. The summed E-state index contributed by atoms with van der Waals surface area (Å²) >= 11 is 0. The number of fused-ring (bicyclic) bond motifs is 1. The second-order valence-electron chi connectivity index (χ2n) is 6.90. The van der Waals surface area contributed by atoms with Gasteiger partial charge >= 0.3 is 12.3 Å². The fourth-order valence-corrected chi connectivity index (χ4v) is 4.03. The number of nitrogens with one attached hydrogen (secondary N) is 2. The first-order valence-electron chi connectivity index (χ1n) is 9.43. The van der Waals surface area contributed by atoms with Gasteiger partial charge < -0.3 is 14.8 Å². The Bertz CT molecular complexity index is 1200. The number of esters is 1. The summed E-state index contributed by atoms with van der Waals surface area (Å²) in [6.45, 7) is 2.66. The number of amidine groups is 1. The van der Waals surface area contributed by atoms with E-state index in [9.17, 15) is 31.2 Å². The van der Waals surface area contributed by atoms with Crippen LogP contribution in [0.3, 0.4) is 0 Å². The second kappa shape index (κ2) is 9.10. The van der Waals surface area contributed by atoms with Gasteiger partial charge in [-0.15, -0.1) is 13.2 Å². The highest BCUT2D eigenvalue weighted by molar-refractivity contribution is 7.90. The van der Waals surface area contributed by atoms with Gasteiger partial charge in [0.1, 0.15) is 17.6 Å². The van der Waals surface area contributed by atoms with Gasteiger partial charge in [0.2, 0.25) is 0 Å². The van der Waals surface area contributed by atoms with E-state index in [2.05, 4.69) is 19.8 Å². The van der Waals surface area contributed by atoms with E-state index >= 15 is 0 Å². The molecule has 0 aromatic heterocycles. The number of amides is 1. The highest BCUT2D eigenvalue weighted by atomic mass is 32.2.